The fourth-order valence-corrected chi connectivity index (χ4v) is 7.59. The lowest BCUT2D eigenvalue weighted by Crippen LogP contribution is -2.51. The highest BCUT2D eigenvalue weighted by molar-refractivity contribution is 6.85. The maximum absolute atomic E-state index is 5.38. The zero-order valence-electron chi connectivity index (χ0n) is 16.9. The van der Waals surface area contributed by atoms with Crippen molar-refractivity contribution >= 4 is 14.3 Å². The predicted octanol–water partition coefficient (Wildman–Crippen LogP) is 5.54. The van der Waals surface area contributed by atoms with Crippen molar-refractivity contribution in [3.8, 4) is 0 Å². The number of nitrogens with zero attached hydrogens (tertiary/aromatic N) is 2. The minimum absolute atomic E-state index is 0.278. The molecule has 0 saturated carbocycles. The van der Waals surface area contributed by atoms with Gasteiger partial charge in [0.1, 0.15) is 0 Å². The van der Waals surface area contributed by atoms with E-state index in [0.29, 0.717) is 11.1 Å². The van der Waals surface area contributed by atoms with Gasteiger partial charge in [0.15, 0.2) is 0 Å². The fourth-order valence-electron chi connectivity index (χ4n) is 3.96. The van der Waals surface area contributed by atoms with E-state index >= 15 is 0 Å². The van der Waals surface area contributed by atoms with Gasteiger partial charge < -0.3 is 4.74 Å². The molecule has 0 aromatic heterocycles. The first-order valence-electron chi connectivity index (χ1n) is 9.46. The van der Waals surface area contributed by atoms with E-state index in [4.69, 9.17) is 9.84 Å². The molecule has 0 bridgehead atoms. The summed E-state index contributed by atoms with van der Waals surface area (Å²) in [5, 5.41) is 7.97. The molecule has 1 saturated heterocycles. The summed E-state index contributed by atoms with van der Waals surface area (Å²) in [6.07, 6.45) is 8.49. The van der Waals surface area contributed by atoms with Crippen molar-refractivity contribution in [2.45, 2.75) is 95.9 Å². The van der Waals surface area contributed by atoms with Gasteiger partial charge >= 0.3 is 0 Å². The lowest BCUT2D eigenvalue weighted by atomic mass is 10.0. The summed E-state index contributed by atoms with van der Waals surface area (Å²) in [6, 6.07) is 0.465. The molecule has 0 radical (unpaired) electrons. The number of rotatable bonds is 8. The van der Waals surface area contributed by atoms with Crippen LogP contribution >= 0.6 is 0 Å². The topological polar surface area (TPSA) is 24.8 Å². The van der Waals surface area contributed by atoms with Crippen molar-refractivity contribution in [3.05, 3.63) is 0 Å². The van der Waals surface area contributed by atoms with Gasteiger partial charge in [-0.05, 0) is 30.7 Å². The molecule has 23 heavy (non-hydrogen) atoms. The molecule has 1 fully saturated rings. The highest BCUT2D eigenvalue weighted by atomic mass is 28.3. The van der Waals surface area contributed by atoms with Crippen molar-refractivity contribution < 1.29 is 4.74 Å². The van der Waals surface area contributed by atoms with Crippen LogP contribution in [0, 0.1) is 0 Å². The van der Waals surface area contributed by atoms with E-state index in [1.54, 1.807) is 7.11 Å². The molecule has 0 aromatic rings. The Morgan fingerprint density at radius 3 is 2.39 bits per heavy atom. The van der Waals surface area contributed by atoms with Crippen molar-refractivity contribution in [1.29, 1.82) is 0 Å². The Balaban J connectivity index is 3.09. The average molecular weight is 341 g/mol. The molecule has 0 aliphatic carbocycles. The highest BCUT2D eigenvalue weighted by Gasteiger charge is 2.50. The molecule has 1 aliphatic heterocycles. The molecule has 0 aromatic carbocycles. The fraction of sp³-hybridized carbons (Fsp3) is 0.947. The van der Waals surface area contributed by atoms with Crippen molar-refractivity contribution in [2.75, 3.05) is 20.3 Å². The maximum atomic E-state index is 5.38. The van der Waals surface area contributed by atoms with Crippen LogP contribution in [0.3, 0.4) is 0 Å². The van der Waals surface area contributed by atoms with Crippen LogP contribution in [0.5, 0.6) is 0 Å². The standard InChI is InChI=1S/C19H40N2OSi/c1-9-13-19(10-2,23(7,8)18(3,4)5)16-20-21-14-11-12-17(21)15-22-6/h16-17H,9-15H2,1-8H3/b20-16+/t17-,19+/m0/s1. The summed E-state index contributed by atoms with van der Waals surface area (Å²) in [7, 11) is 0.270. The lowest BCUT2D eigenvalue weighted by Gasteiger charge is -2.51. The van der Waals surface area contributed by atoms with Gasteiger partial charge in [0.05, 0.1) is 20.7 Å². The van der Waals surface area contributed by atoms with Gasteiger partial charge in [-0.15, -0.1) is 0 Å². The van der Waals surface area contributed by atoms with Gasteiger partial charge in [0.2, 0.25) is 0 Å². The van der Waals surface area contributed by atoms with Crippen LogP contribution in [0.4, 0.5) is 0 Å². The first kappa shape index (κ1) is 20.7. The number of hydrogen-bond donors (Lipinski definition) is 0. The largest absolute Gasteiger partial charge is 0.382 e. The van der Waals surface area contributed by atoms with Crippen LogP contribution in [0.2, 0.25) is 23.2 Å². The van der Waals surface area contributed by atoms with Crippen LogP contribution < -0.4 is 0 Å². The third-order valence-corrected chi connectivity index (χ3v) is 13.6. The predicted molar refractivity (Wildman–Crippen MR) is 105 cm³/mol. The summed E-state index contributed by atoms with van der Waals surface area (Å²) < 4.78 is 5.38. The first-order valence-corrected chi connectivity index (χ1v) is 12.5. The smallest absolute Gasteiger partial charge is 0.0704 e. The Hall–Kier alpha value is -0.353. The van der Waals surface area contributed by atoms with Gasteiger partial charge in [0, 0.05) is 24.9 Å². The van der Waals surface area contributed by atoms with E-state index in [9.17, 15) is 0 Å². The average Bonchev–Trinajstić information content (AvgIpc) is 2.90. The molecule has 136 valence electrons. The Morgan fingerprint density at radius 1 is 1.26 bits per heavy atom. The molecule has 4 heteroatoms. The summed E-state index contributed by atoms with van der Waals surface area (Å²) in [6.45, 7) is 19.0. The summed E-state index contributed by atoms with van der Waals surface area (Å²) in [5.41, 5.74) is 0. The quantitative estimate of drug-likeness (QED) is 0.428. The minimum atomic E-state index is -1.53. The number of methoxy groups -OCH3 is 1. The number of hydrogen-bond acceptors (Lipinski definition) is 3. The zero-order chi connectivity index (χ0) is 17.7. The third-order valence-electron chi connectivity index (χ3n) is 6.61. The molecule has 0 spiro atoms. The molecular formula is C19H40N2OSi. The van der Waals surface area contributed by atoms with Crippen LogP contribution in [0.15, 0.2) is 5.10 Å². The second-order valence-corrected chi connectivity index (χ2v) is 14.5. The van der Waals surface area contributed by atoms with Crippen LogP contribution in [-0.2, 0) is 4.74 Å². The second kappa shape index (κ2) is 8.15. The van der Waals surface area contributed by atoms with Gasteiger partial charge in [-0.2, -0.15) is 5.10 Å². The molecule has 1 heterocycles. The third kappa shape index (κ3) is 4.39. The van der Waals surface area contributed by atoms with E-state index in [0.717, 1.165) is 13.2 Å². The molecular weight excluding hydrogens is 300 g/mol. The SMILES string of the molecule is CCC[C@@](/C=N/N1CCC[C@H]1COC)(CC)[Si](C)(C)C(C)(C)C. The normalized spacial score (nSPS) is 22.8. The minimum Gasteiger partial charge on any atom is -0.382 e. The van der Waals surface area contributed by atoms with E-state index in [1.807, 2.05) is 0 Å². The molecule has 0 N–H and O–H groups in total. The summed E-state index contributed by atoms with van der Waals surface area (Å²) >= 11 is 0. The van der Waals surface area contributed by atoms with Crippen LogP contribution in [0.1, 0.15) is 66.7 Å². The highest BCUT2D eigenvalue weighted by Crippen LogP contribution is 2.55. The van der Waals surface area contributed by atoms with E-state index in [-0.39, 0.29) is 5.04 Å². The van der Waals surface area contributed by atoms with Crippen molar-refractivity contribution in [1.82, 2.24) is 5.01 Å². The van der Waals surface area contributed by atoms with Gasteiger partial charge in [0.25, 0.3) is 0 Å². The molecule has 3 nitrogen and oxygen atoms in total. The Bertz CT molecular complexity index is 389. The Morgan fingerprint density at radius 2 is 1.91 bits per heavy atom. The summed E-state index contributed by atoms with van der Waals surface area (Å²) in [5.74, 6) is 0. The second-order valence-electron chi connectivity index (χ2n) is 8.79. The Kier molecular flexibility index (Phi) is 7.33. The van der Waals surface area contributed by atoms with Gasteiger partial charge in [-0.1, -0.05) is 54.1 Å². The van der Waals surface area contributed by atoms with Gasteiger partial charge in [-0.25, -0.2) is 0 Å². The molecule has 0 amide bonds. The number of ether oxygens (including phenoxy) is 1. The monoisotopic (exact) mass is 340 g/mol. The zero-order valence-corrected chi connectivity index (χ0v) is 17.9. The molecule has 1 rings (SSSR count). The number of hydrazone groups is 1. The van der Waals surface area contributed by atoms with Crippen LogP contribution in [-0.4, -0.2) is 45.6 Å². The molecule has 0 unspecified atom stereocenters. The van der Waals surface area contributed by atoms with Crippen molar-refractivity contribution in [2.24, 2.45) is 5.10 Å². The van der Waals surface area contributed by atoms with Crippen LogP contribution in [0.25, 0.3) is 0 Å². The lowest BCUT2D eigenvalue weighted by molar-refractivity contribution is 0.118. The van der Waals surface area contributed by atoms with E-state index in [2.05, 4.69) is 58.9 Å². The molecule has 1 aliphatic rings. The van der Waals surface area contributed by atoms with Crippen molar-refractivity contribution in [3.63, 3.8) is 0 Å². The van der Waals surface area contributed by atoms with E-state index in [1.165, 1.54) is 32.1 Å². The first-order chi connectivity index (χ1) is 10.6. The molecule has 2 atom stereocenters. The van der Waals surface area contributed by atoms with Gasteiger partial charge in [-0.3, -0.25) is 5.01 Å². The van der Waals surface area contributed by atoms with E-state index < -0.39 is 8.07 Å². The maximum Gasteiger partial charge on any atom is 0.0704 e. The summed E-state index contributed by atoms with van der Waals surface area (Å²) in [4.78, 5) is 0. The Labute approximate surface area is 145 Å².